The Morgan fingerprint density at radius 2 is 1.68 bits per heavy atom. The lowest BCUT2D eigenvalue weighted by atomic mass is 10.0. The third kappa shape index (κ3) is 3.51. The molecule has 4 nitrogen and oxygen atoms in total. The Morgan fingerprint density at radius 3 is 2.32 bits per heavy atom. The Morgan fingerprint density at radius 1 is 0.947 bits per heavy atom. The maximum atomic E-state index is 4.33. The van der Waals surface area contributed by atoms with Crippen LogP contribution in [0.2, 0.25) is 0 Å². The summed E-state index contributed by atoms with van der Waals surface area (Å²) in [4.78, 5) is 8.66. The molecule has 1 aromatic carbocycles. The molecule has 2 aromatic rings. The fourth-order valence-corrected chi connectivity index (χ4v) is 1.79. The standard InChI is InChI=1S/C15H20N4/c1-11-4-5-13(8-12(11)2)14-9-18-15(19-10-14)17-7-6-16-3/h4-5,8-10,16H,6-7H2,1-3H3,(H,17,18,19). The highest BCUT2D eigenvalue weighted by Crippen LogP contribution is 2.21. The quantitative estimate of drug-likeness (QED) is 0.807. The molecule has 0 aliphatic rings. The molecule has 0 fully saturated rings. The Labute approximate surface area is 114 Å². The highest BCUT2D eigenvalue weighted by molar-refractivity contribution is 5.63. The van der Waals surface area contributed by atoms with E-state index in [1.165, 1.54) is 11.1 Å². The molecular weight excluding hydrogens is 236 g/mol. The SMILES string of the molecule is CNCCNc1ncc(-c2ccc(C)c(C)c2)cn1. The zero-order chi connectivity index (χ0) is 13.7. The van der Waals surface area contributed by atoms with Gasteiger partial charge in [-0.25, -0.2) is 9.97 Å². The van der Waals surface area contributed by atoms with E-state index in [1.807, 2.05) is 19.4 Å². The van der Waals surface area contributed by atoms with E-state index >= 15 is 0 Å². The number of hydrogen-bond acceptors (Lipinski definition) is 4. The Balaban J connectivity index is 2.11. The highest BCUT2D eigenvalue weighted by atomic mass is 15.1. The van der Waals surface area contributed by atoms with Crippen molar-refractivity contribution in [2.24, 2.45) is 0 Å². The van der Waals surface area contributed by atoms with Crippen molar-refractivity contribution in [3.05, 3.63) is 41.7 Å². The third-order valence-corrected chi connectivity index (χ3v) is 3.15. The minimum atomic E-state index is 0.669. The lowest BCUT2D eigenvalue weighted by molar-refractivity contribution is 0.817. The van der Waals surface area contributed by atoms with E-state index in [-0.39, 0.29) is 0 Å². The molecule has 19 heavy (non-hydrogen) atoms. The normalized spacial score (nSPS) is 10.5. The summed E-state index contributed by atoms with van der Waals surface area (Å²) in [6.45, 7) is 5.94. The third-order valence-electron chi connectivity index (χ3n) is 3.15. The van der Waals surface area contributed by atoms with Crippen LogP contribution in [0.3, 0.4) is 0 Å². The van der Waals surface area contributed by atoms with Gasteiger partial charge in [-0.2, -0.15) is 0 Å². The Hall–Kier alpha value is -1.94. The van der Waals surface area contributed by atoms with E-state index in [9.17, 15) is 0 Å². The molecule has 0 radical (unpaired) electrons. The van der Waals surface area contributed by atoms with Crippen LogP contribution in [0.5, 0.6) is 0 Å². The van der Waals surface area contributed by atoms with Gasteiger partial charge in [-0.1, -0.05) is 18.2 Å². The van der Waals surface area contributed by atoms with E-state index in [1.54, 1.807) is 0 Å². The molecule has 0 amide bonds. The number of rotatable bonds is 5. The largest absolute Gasteiger partial charge is 0.353 e. The van der Waals surface area contributed by atoms with Gasteiger partial charge in [-0.3, -0.25) is 0 Å². The molecule has 0 aliphatic carbocycles. The molecule has 1 heterocycles. The molecule has 0 aliphatic heterocycles. The maximum Gasteiger partial charge on any atom is 0.222 e. The van der Waals surface area contributed by atoms with Crippen LogP contribution in [-0.4, -0.2) is 30.1 Å². The summed E-state index contributed by atoms with van der Waals surface area (Å²) in [6, 6.07) is 6.40. The minimum Gasteiger partial charge on any atom is -0.353 e. The fourth-order valence-electron chi connectivity index (χ4n) is 1.79. The van der Waals surface area contributed by atoms with E-state index in [4.69, 9.17) is 0 Å². The second kappa shape index (κ2) is 6.29. The van der Waals surface area contributed by atoms with E-state index in [2.05, 4.69) is 52.6 Å². The summed E-state index contributed by atoms with van der Waals surface area (Å²) < 4.78 is 0. The van der Waals surface area contributed by atoms with Gasteiger partial charge in [0.15, 0.2) is 0 Å². The first-order chi connectivity index (χ1) is 9.20. The van der Waals surface area contributed by atoms with Crippen molar-refractivity contribution >= 4 is 5.95 Å². The fraction of sp³-hybridized carbons (Fsp3) is 0.333. The molecule has 2 N–H and O–H groups in total. The predicted octanol–water partition coefficient (Wildman–Crippen LogP) is 2.39. The molecule has 0 atom stereocenters. The van der Waals surface area contributed by atoms with Gasteiger partial charge in [0.05, 0.1) is 0 Å². The Bertz CT molecular complexity index is 534. The van der Waals surface area contributed by atoms with Crippen LogP contribution in [0, 0.1) is 13.8 Å². The number of nitrogens with zero attached hydrogens (tertiary/aromatic N) is 2. The van der Waals surface area contributed by atoms with E-state index in [0.29, 0.717) is 5.95 Å². The van der Waals surface area contributed by atoms with Crippen LogP contribution >= 0.6 is 0 Å². The first kappa shape index (κ1) is 13.5. The van der Waals surface area contributed by atoms with Crippen LogP contribution in [-0.2, 0) is 0 Å². The predicted molar refractivity (Wildman–Crippen MR) is 79.4 cm³/mol. The summed E-state index contributed by atoms with van der Waals surface area (Å²) in [7, 11) is 1.92. The van der Waals surface area contributed by atoms with Crippen molar-refractivity contribution in [1.29, 1.82) is 0 Å². The van der Waals surface area contributed by atoms with Gasteiger partial charge in [0.25, 0.3) is 0 Å². The first-order valence-electron chi connectivity index (χ1n) is 6.49. The van der Waals surface area contributed by atoms with Crippen LogP contribution in [0.4, 0.5) is 5.95 Å². The van der Waals surface area contributed by atoms with Gasteiger partial charge in [-0.05, 0) is 37.6 Å². The summed E-state index contributed by atoms with van der Waals surface area (Å²) in [5.41, 5.74) is 4.79. The van der Waals surface area contributed by atoms with Gasteiger partial charge < -0.3 is 10.6 Å². The number of benzene rings is 1. The van der Waals surface area contributed by atoms with Gasteiger partial charge in [0.2, 0.25) is 5.95 Å². The second-order valence-corrected chi connectivity index (χ2v) is 4.62. The highest BCUT2D eigenvalue weighted by Gasteiger charge is 2.02. The average molecular weight is 256 g/mol. The number of aryl methyl sites for hydroxylation is 2. The molecule has 0 bridgehead atoms. The van der Waals surface area contributed by atoms with Crippen molar-refractivity contribution in [2.45, 2.75) is 13.8 Å². The van der Waals surface area contributed by atoms with Crippen molar-refractivity contribution < 1.29 is 0 Å². The summed E-state index contributed by atoms with van der Waals surface area (Å²) in [6.07, 6.45) is 3.72. The topological polar surface area (TPSA) is 49.8 Å². The molecule has 0 saturated heterocycles. The van der Waals surface area contributed by atoms with Gasteiger partial charge in [0.1, 0.15) is 0 Å². The van der Waals surface area contributed by atoms with Gasteiger partial charge >= 0.3 is 0 Å². The van der Waals surface area contributed by atoms with Gasteiger partial charge in [-0.15, -0.1) is 0 Å². The van der Waals surface area contributed by atoms with Crippen molar-refractivity contribution in [2.75, 3.05) is 25.5 Å². The van der Waals surface area contributed by atoms with Crippen LogP contribution in [0.1, 0.15) is 11.1 Å². The van der Waals surface area contributed by atoms with E-state index in [0.717, 1.165) is 24.2 Å². The summed E-state index contributed by atoms with van der Waals surface area (Å²) in [5.74, 6) is 0.669. The molecular formula is C15H20N4. The molecule has 0 spiro atoms. The zero-order valence-electron chi connectivity index (χ0n) is 11.7. The molecule has 4 heteroatoms. The lowest BCUT2D eigenvalue weighted by Crippen LogP contribution is -2.18. The minimum absolute atomic E-state index is 0.669. The van der Waals surface area contributed by atoms with E-state index < -0.39 is 0 Å². The number of nitrogens with one attached hydrogen (secondary N) is 2. The van der Waals surface area contributed by atoms with Crippen molar-refractivity contribution in [3.8, 4) is 11.1 Å². The van der Waals surface area contributed by atoms with Gasteiger partial charge in [0, 0.05) is 31.0 Å². The molecule has 0 saturated carbocycles. The monoisotopic (exact) mass is 256 g/mol. The maximum absolute atomic E-state index is 4.33. The molecule has 0 unspecified atom stereocenters. The molecule has 1 aromatic heterocycles. The molecule has 100 valence electrons. The number of aromatic nitrogens is 2. The Kier molecular flexibility index (Phi) is 4.47. The number of hydrogen-bond donors (Lipinski definition) is 2. The van der Waals surface area contributed by atoms with Crippen LogP contribution in [0.25, 0.3) is 11.1 Å². The van der Waals surface area contributed by atoms with Crippen molar-refractivity contribution in [3.63, 3.8) is 0 Å². The van der Waals surface area contributed by atoms with Crippen molar-refractivity contribution in [1.82, 2.24) is 15.3 Å². The van der Waals surface area contributed by atoms with Crippen LogP contribution in [0.15, 0.2) is 30.6 Å². The van der Waals surface area contributed by atoms with Crippen LogP contribution < -0.4 is 10.6 Å². The average Bonchev–Trinajstić information content (AvgIpc) is 2.43. The smallest absolute Gasteiger partial charge is 0.222 e. The first-order valence-corrected chi connectivity index (χ1v) is 6.49. The number of likely N-dealkylation sites (N-methyl/N-ethyl adjacent to an activating group) is 1. The number of anilines is 1. The lowest BCUT2D eigenvalue weighted by Gasteiger charge is -2.07. The second-order valence-electron chi connectivity index (χ2n) is 4.62. The summed E-state index contributed by atoms with van der Waals surface area (Å²) in [5, 5.41) is 6.23. The summed E-state index contributed by atoms with van der Waals surface area (Å²) >= 11 is 0. The zero-order valence-corrected chi connectivity index (χ0v) is 11.7. The molecule has 2 rings (SSSR count).